The maximum atomic E-state index is 13.0. The van der Waals surface area contributed by atoms with Crippen LogP contribution in [0.5, 0.6) is 5.75 Å². The van der Waals surface area contributed by atoms with Crippen molar-refractivity contribution in [2.24, 2.45) is 5.92 Å². The maximum absolute atomic E-state index is 13.0. The van der Waals surface area contributed by atoms with E-state index in [1.165, 1.54) is 16.4 Å². The SMILES string of the molecule is CCOc1ccc(Cl)cc1S(=O)(=O)N1CCC[C@H](C(=O)NCCO)C1. The lowest BCUT2D eigenvalue weighted by Gasteiger charge is -2.31. The van der Waals surface area contributed by atoms with E-state index in [-0.39, 0.29) is 36.2 Å². The third-order valence-corrected chi connectivity index (χ3v) is 6.11. The number of nitrogens with one attached hydrogen (secondary N) is 1. The molecule has 1 aliphatic heterocycles. The van der Waals surface area contributed by atoms with Crippen molar-refractivity contribution in [1.29, 1.82) is 0 Å². The predicted octanol–water partition coefficient (Wildman–Crippen LogP) is 1.25. The van der Waals surface area contributed by atoms with Crippen LogP contribution in [0, 0.1) is 5.92 Å². The monoisotopic (exact) mass is 390 g/mol. The average molecular weight is 391 g/mol. The molecule has 25 heavy (non-hydrogen) atoms. The topological polar surface area (TPSA) is 95.9 Å². The lowest BCUT2D eigenvalue weighted by atomic mass is 9.99. The van der Waals surface area contributed by atoms with Crippen molar-refractivity contribution in [2.45, 2.75) is 24.7 Å². The number of piperidine rings is 1. The molecule has 2 rings (SSSR count). The molecule has 1 fully saturated rings. The quantitative estimate of drug-likeness (QED) is 0.730. The van der Waals surface area contributed by atoms with Crippen LogP contribution in [0.25, 0.3) is 0 Å². The number of hydrogen-bond acceptors (Lipinski definition) is 5. The number of carbonyl (C=O) groups excluding carboxylic acids is 1. The van der Waals surface area contributed by atoms with Crippen LogP contribution in [-0.2, 0) is 14.8 Å². The van der Waals surface area contributed by atoms with Gasteiger partial charge in [0, 0.05) is 24.7 Å². The van der Waals surface area contributed by atoms with Gasteiger partial charge in [0.1, 0.15) is 10.6 Å². The Bertz CT molecular complexity index is 710. The van der Waals surface area contributed by atoms with Crippen LogP contribution in [0.4, 0.5) is 0 Å². The second-order valence-corrected chi connectivity index (χ2v) is 8.08. The smallest absolute Gasteiger partial charge is 0.246 e. The van der Waals surface area contributed by atoms with Gasteiger partial charge in [-0.05, 0) is 38.0 Å². The number of benzene rings is 1. The van der Waals surface area contributed by atoms with Crippen LogP contribution in [0.1, 0.15) is 19.8 Å². The highest BCUT2D eigenvalue weighted by Gasteiger charge is 2.34. The van der Waals surface area contributed by atoms with E-state index < -0.39 is 15.9 Å². The molecular weight excluding hydrogens is 368 g/mol. The summed E-state index contributed by atoms with van der Waals surface area (Å²) in [7, 11) is -3.83. The number of sulfonamides is 1. The summed E-state index contributed by atoms with van der Waals surface area (Å²) in [6.45, 7) is 2.54. The van der Waals surface area contributed by atoms with Gasteiger partial charge < -0.3 is 15.2 Å². The Morgan fingerprint density at radius 2 is 2.24 bits per heavy atom. The summed E-state index contributed by atoms with van der Waals surface area (Å²) in [5, 5.41) is 11.7. The zero-order chi connectivity index (χ0) is 18.4. The van der Waals surface area contributed by atoms with Gasteiger partial charge in [0.2, 0.25) is 15.9 Å². The second-order valence-electron chi connectivity index (χ2n) is 5.74. The third-order valence-electron chi connectivity index (χ3n) is 3.99. The Hall–Kier alpha value is -1.35. The molecular formula is C16H23ClN2O5S. The summed E-state index contributed by atoms with van der Waals surface area (Å²) in [6.07, 6.45) is 1.19. The third kappa shape index (κ3) is 4.84. The molecule has 0 spiro atoms. The molecule has 0 saturated carbocycles. The molecule has 1 amide bonds. The van der Waals surface area contributed by atoms with Crippen LogP contribution in [0.2, 0.25) is 5.02 Å². The van der Waals surface area contributed by atoms with E-state index in [9.17, 15) is 13.2 Å². The molecule has 0 radical (unpaired) electrons. The first kappa shape index (κ1) is 20.0. The number of aliphatic hydroxyl groups is 1. The normalized spacial score (nSPS) is 18.8. The van der Waals surface area contributed by atoms with Crippen molar-refractivity contribution in [2.75, 3.05) is 32.8 Å². The van der Waals surface area contributed by atoms with E-state index in [1.54, 1.807) is 13.0 Å². The van der Waals surface area contributed by atoms with Crippen molar-refractivity contribution in [3.63, 3.8) is 0 Å². The minimum Gasteiger partial charge on any atom is -0.492 e. The first-order valence-corrected chi connectivity index (χ1v) is 10.0. The molecule has 0 unspecified atom stereocenters. The van der Waals surface area contributed by atoms with Gasteiger partial charge >= 0.3 is 0 Å². The lowest BCUT2D eigenvalue weighted by Crippen LogP contribution is -2.45. The number of nitrogens with zero attached hydrogens (tertiary/aromatic N) is 1. The molecule has 0 aliphatic carbocycles. The summed E-state index contributed by atoms with van der Waals surface area (Å²) in [5.41, 5.74) is 0. The minimum absolute atomic E-state index is 0.0123. The number of aliphatic hydroxyl groups excluding tert-OH is 1. The molecule has 0 bridgehead atoms. The maximum Gasteiger partial charge on any atom is 0.246 e. The van der Waals surface area contributed by atoms with Crippen LogP contribution in [0.15, 0.2) is 23.1 Å². The summed E-state index contributed by atoms with van der Waals surface area (Å²) in [5.74, 6) is -0.436. The fourth-order valence-electron chi connectivity index (χ4n) is 2.80. The molecule has 2 N–H and O–H groups in total. The molecule has 1 aromatic carbocycles. The highest BCUT2D eigenvalue weighted by molar-refractivity contribution is 7.89. The first-order valence-electron chi connectivity index (χ1n) is 8.21. The Kier molecular flexibility index (Phi) is 7.06. The number of halogens is 1. The number of carbonyl (C=O) groups is 1. The largest absolute Gasteiger partial charge is 0.492 e. The zero-order valence-corrected chi connectivity index (χ0v) is 15.6. The van der Waals surface area contributed by atoms with Gasteiger partial charge in [-0.3, -0.25) is 4.79 Å². The zero-order valence-electron chi connectivity index (χ0n) is 14.1. The fourth-order valence-corrected chi connectivity index (χ4v) is 4.71. The van der Waals surface area contributed by atoms with Gasteiger partial charge in [0.15, 0.2) is 0 Å². The van der Waals surface area contributed by atoms with Crippen LogP contribution < -0.4 is 10.1 Å². The molecule has 0 aromatic heterocycles. The van der Waals surface area contributed by atoms with E-state index >= 15 is 0 Å². The number of hydrogen-bond donors (Lipinski definition) is 2. The summed E-state index contributed by atoms with van der Waals surface area (Å²) >= 11 is 5.97. The van der Waals surface area contributed by atoms with Crippen molar-refractivity contribution in [1.82, 2.24) is 9.62 Å². The highest BCUT2D eigenvalue weighted by Crippen LogP contribution is 2.32. The van der Waals surface area contributed by atoms with Crippen LogP contribution in [0.3, 0.4) is 0 Å². The molecule has 1 aliphatic rings. The Labute approximate surface area is 153 Å². The summed E-state index contributed by atoms with van der Waals surface area (Å²) in [6, 6.07) is 4.48. The van der Waals surface area contributed by atoms with Crippen molar-refractivity contribution in [3.05, 3.63) is 23.2 Å². The fraction of sp³-hybridized carbons (Fsp3) is 0.562. The Morgan fingerprint density at radius 1 is 1.48 bits per heavy atom. The van der Waals surface area contributed by atoms with E-state index in [4.69, 9.17) is 21.4 Å². The lowest BCUT2D eigenvalue weighted by molar-refractivity contribution is -0.126. The van der Waals surface area contributed by atoms with E-state index in [0.29, 0.717) is 31.0 Å². The minimum atomic E-state index is -3.83. The van der Waals surface area contributed by atoms with Gasteiger partial charge in [-0.1, -0.05) is 11.6 Å². The predicted molar refractivity (Wildman–Crippen MR) is 94.2 cm³/mol. The second kappa shape index (κ2) is 8.84. The van der Waals surface area contributed by atoms with E-state index in [2.05, 4.69) is 5.32 Å². The molecule has 7 nitrogen and oxygen atoms in total. The molecule has 140 valence electrons. The number of rotatable bonds is 7. The number of ether oxygens (including phenoxy) is 1. The average Bonchev–Trinajstić information content (AvgIpc) is 2.61. The van der Waals surface area contributed by atoms with Crippen molar-refractivity contribution < 1.29 is 23.1 Å². The summed E-state index contributed by atoms with van der Waals surface area (Å²) < 4.78 is 32.8. The first-order chi connectivity index (χ1) is 11.9. The van der Waals surface area contributed by atoms with Crippen LogP contribution in [-0.4, -0.2) is 56.6 Å². The van der Waals surface area contributed by atoms with E-state index in [0.717, 1.165) is 0 Å². The Balaban J connectivity index is 2.24. The van der Waals surface area contributed by atoms with Crippen molar-refractivity contribution in [3.8, 4) is 5.75 Å². The standard InChI is InChI=1S/C16H23ClN2O5S/c1-2-24-14-6-5-13(17)10-15(14)25(22,23)19-8-3-4-12(11-19)16(21)18-7-9-20/h5-6,10,12,20H,2-4,7-9,11H2,1H3,(H,18,21)/t12-/m0/s1. The molecule has 1 saturated heterocycles. The van der Waals surface area contributed by atoms with Gasteiger partial charge in [-0.25, -0.2) is 8.42 Å². The molecule has 9 heteroatoms. The summed E-state index contributed by atoms with van der Waals surface area (Å²) in [4.78, 5) is 12.1. The van der Waals surface area contributed by atoms with Gasteiger partial charge in [0.25, 0.3) is 0 Å². The molecule has 1 heterocycles. The Morgan fingerprint density at radius 3 is 2.92 bits per heavy atom. The van der Waals surface area contributed by atoms with E-state index in [1.807, 2.05) is 0 Å². The van der Waals surface area contributed by atoms with Gasteiger partial charge in [0.05, 0.1) is 19.1 Å². The van der Waals surface area contributed by atoms with Gasteiger partial charge in [-0.15, -0.1) is 0 Å². The molecule has 1 atom stereocenters. The van der Waals surface area contributed by atoms with Crippen LogP contribution >= 0.6 is 11.6 Å². The molecule has 1 aromatic rings. The van der Waals surface area contributed by atoms with Gasteiger partial charge in [-0.2, -0.15) is 4.31 Å². The number of amides is 1. The van der Waals surface area contributed by atoms with Crippen molar-refractivity contribution >= 4 is 27.5 Å². The highest BCUT2D eigenvalue weighted by atomic mass is 35.5.